The standard InChI is InChI=1S/C16H24ClFN2O.ClH/c1-21-9-8-20(11-13-4-6-19-7-5-13)12-14-2-3-15(18)10-16(14)17;/h2-3,10,13,19H,4-9,11-12H2,1H3;1H. The number of rotatable bonds is 7. The quantitative estimate of drug-likeness (QED) is 0.815. The summed E-state index contributed by atoms with van der Waals surface area (Å²) in [6.45, 7) is 5.54. The predicted molar refractivity (Wildman–Crippen MR) is 91.4 cm³/mol. The monoisotopic (exact) mass is 350 g/mol. The van der Waals surface area contributed by atoms with E-state index in [2.05, 4.69) is 10.2 Å². The van der Waals surface area contributed by atoms with E-state index in [1.54, 1.807) is 13.2 Å². The van der Waals surface area contributed by atoms with Crippen LogP contribution < -0.4 is 5.32 Å². The molecule has 0 spiro atoms. The predicted octanol–water partition coefficient (Wildman–Crippen LogP) is 3.35. The second-order valence-corrected chi connectivity index (χ2v) is 6.06. The van der Waals surface area contributed by atoms with Crippen molar-refractivity contribution in [1.82, 2.24) is 10.2 Å². The zero-order chi connectivity index (χ0) is 15.1. The molecule has 0 amide bonds. The molecule has 126 valence electrons. The van der Waals surface area contributed by atoms with Gasteiger partial charge in [0.05, 0.1) is 6.61 Å². The van der Waals surface area contributed by atoms with E-state index in [0.717, 1.165) is 38.3 Å². The third kappa shape index (κ3) is 6.39. The van der Waals surface area contributed by atoms with Crippen molar-refractivity contribution >= 4 is 24.0 Å². The lowest BCUT2D eigenvalue weighted by Crippen LogP contribution is -2.37. The number of nitrogens with zero attached hydrogens (tertiary/aromatic N) is 1. The Balaban J connectivity index is 0.00000242. The van der Waals surface area contributed by atoms with Crippen LogP contribution in [0.3, 0.4) is 0 Å². The third-order valence-electron chi connectivity index (χ3n) is 4.00. The number of piperidine rings is 1. The number of benzene rings is 1. The number of methoxy groups -OCH3 is 1. The van der Waals surface area contributed by atoms with Crippen LogP contribution in [0.15, 0.2) is 18.2 Å². The largest absolute Gasteiger partial charge is 0.383 e. The Morgan fingerprint density at radius 3 is 2.73 bits per heavy atom. The molecule has 1 aliphatic rings. The smallest absolute Gasteiger partial charge is 0.124 e. The SMILES string of the molecule is COCCN(Cc1ccc(F)cc1Cl)CC1CCNCC1.Cl. The van der Waals surface area contributed by atoms with Gasteiger partial charge in [0.25, 0.3) is 0 Å². The molecule has 0 saturated carbocycles. The van der Waals surface area contributed by atoms with Crippen LogP contribution in [0.25, 0.3) is 0 Å². The van der Waals surface area contributed by atoms with E-state index in [1.807, 2.05) is 0 Å². The summed E-state index contributed by atoms with van der Waals surface area (Å²) in [5.41, 5.74) is 0.975. The number of halogens is 3. The van der Waals surface area contributed by atoms with Gasteiger partial charge in [-0.1, -0.05) is 17.7 Å². The normalized spacial score (nSPS) is 15.8. The summed E-state index contributed by atoms with van der Waals surface area (Å²) in [7, 11) is 1.72. The van der Waals surface area contributed by atoms with Gasteiger partial charge in [-0.05, 0) is 49.5 Å². The Kier molecular flexibility index (Phi) is 9.29. The van der Waals surface area contributed by atoms with E-state index in [-0.39, 0.29) is 18.2 Å². The topological polar surface area (TPSA) is 24.5 Å². The van der Waals surface area contributed by atoms with Crippen molar-refractivity contribution in [1.29, 1.82) is 0 Å². The molecule has 0 aromatic heterocycles. The van der Waals surface area contributed by atoms with E-state index in [1.165, 1.54) is 25.0 Å². The summed E-state index contributed by atoms with van der Waals surface area (Å²) < 4.78 is 18.3. The first-order chi connectivity index (χ1) is 10.2. The van der Waals surface area contributed by atoms with Gasteiger partial charge in [-0.25, -0.2) is 4.39 Å². The van der Waals surface area contributed by atoms with Crippen LogP contribution in [-0.2, 0) is 11.3 Å². The molecular formula is C16H25Cl2FN2O. The van der Waals surface area contributed by atoms with Crippen LogP contribution >= 0.6 is 24.0 Å². The van der Waals surface area contributed by atoms with E-state index in [0.29, 0.717) is 17.5 Å². The van der Waals surface area contributed by atoms with E-state index < -0.39 is 0 Å². The molecule has 0 unspecified atom stereocenters. The molecular weight excluding hydrogens is 326 g/mol. The fraction of sp³-hybridized carbons (Fsp3) is 0.625. The summed E-state index contributed by atoms with van der Waals surface area (Å²) in [5.74, 6) is 0.424. The summed E-state index contributed by atoms with van der Waals surface area (Å²) in [6.07, 6.45) is 2.42. The van der Waals surface area contributed by atoms with Gasteiger partial charge in [0, 0.05) is 31.8 Å². The first-order valence-electron chi connectivity index (χ1n) is 7.55. The first kappa shape index (κ1) is 19.7. The molecule has 1 N–H and O–H groups in total. The highest BCUT2D eigenvalue weighted by Crippen LogP contribution is 2.21. The molecule has 0 bridgehead atoms. The van der Waals surface area contributed by atoms with E-state index in [4.69, 9.17) is 16.3 Å². The minimum absolute atomic E-state index is 0. The van der Waals surface area contributed by atoms with E-state index >= 15 is 0 Å². The Morgan fingerprint density at radius 2 is 2.09 bits per heavy atom. The molecule has 3 nitrogen and oxygen atoms in total. The van der Waals surface area contributed by atoms with Crippen molar-refractivity contribution in [2.75, 3.05) is 39.9 Å². The zero-order valence-electron chi connectivity index (χ0n) is 13.0. The summed E-state index contributed by atoms with van der Waals surface area (Å²) in [6, 6.07) is 4.63. The second-order valence-electron chi connectivity index (χ2n) is 5.66. The van der Waals surface area contributed by atoms with Crippen LogP contribution in [-0.4, -0.2) is 44.8 Å². The molecule has 0 atom stereocenters. The summed E-state index contributed by atoms with van der Waals surface area (Å²) in [5, 5.41) is 3.89. The minimum atomic E-state index is -0.287. The molecule has 2 rings (SSSR count). The highest BCUT2D eigenvalue weighted by atomic mass is 35.5. The molecule has 0 radical (unpaired) electrons. The van der Waals surface area contributed by atoms with Crippen molar-refractivity contribution in [3.63, 3.8) is 0 Å². The van der Waals surface area contributed by atoms with Gasteiger partial charge in [-0.2, -0.15) is 0 Å². The molecule has 1 heterocycles. The van der Waals surface area contributed by atoms with Crippen molar-refractivity contribution in [2.24, 2.45) is 5.92 Å². The van der Waals surface area contributed by atoms with Crippen LogP contribution in [0.2, 0.25) is 5.02 Å². The van der Waals surface area contributed by atoms with Gasteiger partial charge < -0.3 is 10.1 Å². The summed E-state index contributed by atoms with van der Waals surface area (Å²) in [4.78, 5) is 2.36. The molecule has 1 aromatic carbocycles. The zero-order valence-corrected chi connectivity index (χ0v) is 14.6. The average Bonchev–Trinajstić information content (AvgIpc) is 2.48. The van der Waals surface area contributed by atoms with Gasteiger partial charge in [0.15, 0.2) is 0 Å². The maximum Gasteiger partial charge on any atom is 0.124 e. The lowest BCUT2D eigenvalue weighted by molar-refractivity contribution is 0.126. The van der Waals surface area contributed by atoms with Gasteiger partial charge in [0.1, 0.15) is 5.82 Å². The molecule has 1 aliphatic heterocycles. The Hall–Kier alpha value is -0.390. The fourth-order valence-corrected chi connectivity index (χ4v) is 3.00. The van der Waals surface area contributed by atoms with Crippen LogP contribution in [0.1, 0.15) is 18.4 Å². The first-order valence-corrected chi connectivity index (χ1v) is 7.92. The Bertz CT molecular complexity index is 442. The second kappa shape index (κ2) is 10.4. The Morgan fingerprint density at radius 1 is 1.36 bits per heavy atom. The molecule has 0 aliphatic carbocycles. The number of hydrogen-bond acceptors (Lipinski definition) is 3. The van der Waals surface area contributed by atoms with Crippen molar-refractivity contribution in [3.8, 4) is 0 Å². The number of nitrogens with one attached hydrogen (secondary N) is 1. The van der Waals surface area contributed by atoms with Crippen molar-refractivity contribution in [2.45, 2.75) is 19.4 Å². The van der Waals surface area contributed by atoms with Crippen LogP contribution in [0.4, 0.5) is 4.39 Å². The minimum Gasteiger partial charge on any atom is -0.383 e. The van der Waals surface area contributed by atoms with Crippen molar-refractivity contribution in [3.05, 3.63) is 34.6 Å². The van der Waals surface area contributed by atoms with Gasteiger partial charge in [-0.3, -0.25) is 4.90 Å². The lowest BCUT2D eigenvalue weighted by Gasteiger charge is -2.30. The molecule has 6 heteroatoms. The highest BCUT2D eigenvalue weighted by molar-refractivity contribution is 6.31. The fourth-order valence-electron chi connectivity index (χ4n) is 2.78. The molecule has 1 aromatic rings. The molecule has 1 saturated heterocycles. The van der Waals surface area contributed by atoms with Crippen LogP contribution in [0.5, 0.6) is 0 Å². The molecule has 1 fully saturated rings. The van der Waals surface area contributed by atoms with Gasteiger partial charge in [-0.15, -0.1) is 12.4 Å². The third-order valence-corrected chi connectivity index (χ3v) is 4.35. The number of hydrogen-bond donors (Lipinski definition) is 1. The highest BCUT2D eigenvalue weighted by Gasteiger charge is 2.18. The Labute approximate surface area is 143 Å². The maximum absolute atomic E-state index is 13.1. The summed E-state index contributed by atoms with van der Waals surface area (Å²) >= 11 is 6.14. The van der Waals surface area contributed by atoms with Crippen LogP contribution in [0, 0.1) is 11.7 Å². The van der Waals surface area contributed by atoms with Crippen molar-refractivity contribution < 1.29 is 9.13 Å². The lowest BCUT2D eigenvalue weighted by atomic mass is 9.97. The average molecular weight is 351 g/mol. The maximum atomic E-state index is 13.1. The number of ether oxygens (including phenoxy) is 1. The molecule has 22 heavy (non-hydrogen) atoms. The van der Waals surface area contributed by atoms with E-state index in [9.17, 15) is 4.39 Å². The van der Waals surface area contributed by atoms with Gasteiger partial charge >= 0.3 is 0 Å². The van der Waals surface area contributed by atoms with Gasteiger partial charge in [0.2, 0.25) is 0 Å².